The quantitative estimate of drug-likeness (QED) is 0.385. The molecule has 0 nitrogen and oxygen atoms in total. The first-order valence-electron chi connectivity index (χ1n) is 2.78. The van der Waals surface area contributed by atoms with E-state index in [-0.39, 0.29) is 0 Å². The summed E-state index contributed by atoms with van der Waals surface area (Å²) < 4.78 is 0. The van der Waals surface area contributed by atoms with E-state index in [4.69, 9.17) is 6.58 Å². The molecule has 8 heavy (non-hydrogen) atoms. The lowest BCUT2D eigenvalue weighted by Crippen LogP contribution is -1.62. The van der Waals surface area contributed by atoms with Crippen LogP contribution in [0.2, 0.25) is 0 Å². The number of rotatable bonds is 3. The number of hydrogen-bond acceptors (Lipinski definition) is 0. The maximum Gasteiger partial charge on any atom is -0.0348 e. The summed E-state index contributed by atoms with van der Waals surface area (Å²) in [5.41, 5.74) is 0. The molecule has 0 heterocycles. The van der Waals surface area contributed by atoms with Crippen LogP contribution in [0.4, 0.5) is 0 Å². The Labute approximate surface area is 52.6 Å². The van der Waals surface area contributed by atoms with E-state index < -0.39 is 0 Å². The van der Waals surface area contributed by atoms with Gasteiger partial charge in [0.25, 0.3) is 0 Å². The fraction of sp³-hybridized carbons (Fsp3) is 0.500. The molecule has 0 spiro atoms. The molecular weight excluding hydrogens is 96.1 g/mol. The normalized spacial score (nSPS) is 6.38. The van der Waals surface area contributed by atoms with Crippen molar-refractivity contribution in [2.24, 2.45) is 0 Å². The summed E-state index contributed by atoms with van der Waals surface area (Å²) in [7, 11) is 0. The van der Waals surface area contributed by atoms with Crippen LogP contribution < -0.4 is 0 Å². The molecule has 0 atom stereocenters. The second kappa shape index (κ2) is 16.3. The fourth-order valence-corrected chi connectivity index (χ4v) is 0.322. The average Bonchev–Trinajstić information content (AvgIpc) is 1.88. The molecule has 0 rings (SSSR count). The van der Waals surface area contributed by atoms with Crippen molar-refractivity contribution < 1.29 is 0 Å². The van der Waals surface area contributed by atoms with Crippen molar-refractivity contribution in [1.82, 2.24) is 0 Å². The molecule has 1 radical (unpaired) electrons. The lowest BCUT2D eigenvalue weighted by molar-refractivity contribution is 0.815. The Morgan fingerprint density at radius 3 is 2.00 bits per heavy atom. The number of allylic oxidation sites excluding steroid dienone is 1. The van der Waals surface area contributed by atoms with E-state index in [1.807, 2.05) is 0 Å². The summed E-state index contributed by atoms with van der Waals surface area (Å²) >= 11 is 0. The molecule has 0 aliphatic carbocycles. The van der Waals surface area contributed by atoms with Gasteiger partial charge in [-0.15, -0.1) is 12.8 Å². The minimum atomic E-state index is 1.07. The van der Waals surface area contributed by atoms with Crippen molar-refractivity contribution >= 4 is 0 Å². The molecule has 0 aromatic heterocycles. The molecule has 0 heteroatoms. The minimum Gasteiger partial charge on any atom is -0.124 e. The molecule has 0 saturated carbocycles. The highest BCUT2D eigenvalue weighted by Crippen LogP contribution is 1.91. The largest absolute Gasteiger partial charge is 0.124 e. The molecule has 0 aromatic carbocycles. The van der Waals surface area contributed by atoms with Crippen molar-refractivity contribution in [2.45, 2.75) is 26.2 Å². The molecule has 0 aliphatic rings. The van der Waals surface area contributed by atoms with E-state index in [0.717, 1.165) is 6.42 Å². The number of unbranched alkanes of at least 4 members (excludes halogenated alkanes) is 2. The first-order chi connectivity index (χ1) is 3.91. The SMILES string of the molecule is C#C.[CH]=CCCCC. The van der Waals surface area contributed by atoms with E-state index in [2.05, 4.69) is 19.8 Å². The molecule has 0 saturated heterocycles. The topological polar surface area (TPSA) is 0 Å². The molecule has 45 valence electrons. The van der Waals surface area contributed by atoms with Gasteiger partial charge < -0.3 is 0 Å². The third kappa shape index (κ3) is 18.5. The van der Waals surface area contributed by atoms with Gasteiger partial charge in [-0.05, 0) is 6.42 Å². The monoisotopic (exact) mass is 109 g/mol. The Hall–Kier alpha value is -0.700. The van der Waals surface area contributed by atoms with Gasteiger partial charge in [0.2, 0.25) is 0 Å². The van der Waals surface area contributed by atoms with E-state index in [0.29, 0.717) is 0 Å². The Morgan fingerprint density at radius 1 is 1.38 bits per heavy atom. The lowest BCUT2D eigenvalue weighted by Gasteiger charge is -1.81. The van der Waals surface area contributed by atoms with Crippen molar-refractivity contribution in [2.75, 3.05) is 0 Å². The smallest absolute Gasteiger partial charge is 0.0348 e. The molecule has 0 aliphatic heterocycles. The van der Waals surface area contributed by atoms with Crippen LogP contribution in [-0.4, -0.2) is 0 Å². The van der Waals surface area contributed by atoms with Crippen LogP contribution in [0, 0.1) is 19.4 Å². The van der Waals surface area contributed by atoms with E-state index in [1.165, 1.54) is 12.8 Å². The Kier molecular flexibility index (Phi) is 21.0. The zero-order chi connectivity index (χ0) is 6.83. The molecule has 0 bridgehead atoms. The van der Waals surface area contributed by atoms with E-state index in [1.54, 1.807) is 6.08 Å². The predicted molar refractivity (Wildman–Crippen MR) is 38.3 cm³/mol. The highest BCUT2D eigenvalue weighted by Gasteiger charge is 1.71. The lowest BCUT2D eigenvalue weighted by atomic mass is 10.3. The molecule has 0 N–H and O–H groups in total. The van der Waals surface area contributed by atoms with Crippen LogP contribution >= 0.6 is 0 Å². The van der Waals surface area contributed by atoms with E-state index in [9.17, 15) is 0 Å². The third-order valence-electron chi connectivity index (χ3n) is 0.724. The standard InChI is InChI=1S/C6H11.C2H2/c1-3-5-6-4-2;1-2/h1,3H,4-6H2,2H3;1-2H. The van der Waals surface area contributed by atoms with Gasteiger partial charge in [-0.1, -0.05) is 32.4 Å². The summed E-state index contributed by atoms with van der Waals surface area (Å²) in [4.78, 5) is 0. The van der Waals surface area contributed by atoms with Gasteiger partial charge >= 0.3 is 0 Å². The average molecular weight is 109 g/mol. The second-order valence-electron chi connectivity index (χ2n) is 1.38. The molecule has 0 unspecified atom stereocenters. The zero-order valence-electron chi connectivity index (χ0n) is 5.43. The summed E-state index contributed by atoms with van der Waals surface area (Å²) in [6.07, 6.45) is 13.3. The van der Waals surface area contributed by atoms with Crippen LogP contribution in [0.1, 0.15) is 26.2 Å². The Bertz CT molecular complexity index is 50.3. The van der Waals surface area contributed by atoms with Crippen molar-refractivity contribution in [3.05, 3.63) is 12.7 Å². The van der Waals surface area contributed by atoms with Gasteiger partial charge in [-0.3, -0.25) is 0 Å². The Morgan fingerprint density at radius 2 is 1.88 bits per heavy atom. The van der Waals surface area contributed by atoms with Gasteiger partial charge in [0, 0.05) is 0 Å². The third-order valence-corrected chi connectivity index (χ3v) is 0.724. The first kappa shape index (κ1) is 10.3. The highest BCUT2D eigenvalue weighted by molar-refractivity contribution is 4.60. The number of terminal acetylenes is 1. The van der Waals surface area contributed by atoms with Gasteiger partial charge in [0.15, 0.2) is 0 Å². The highest BCUT2D eigenvalue weighted by atomic mass is 13.8. The zero-order valence-corrected chi connectivity index (χ0v) is 5.43. The van der Waals surface area contributed by atoms with Crippen molar-refractivity contribution in [3.8, 4) is 12.8 Å². The second-order valence-corrected chi connectivity index (χ2v) is 1.38. The van der Waals surface area contributed by atoms with Gasteiger partial charge in [0.1, 0.15) is 0 Å². The van der Waals surface area contributed by atoms with Crippen LogP contribution in [-0.2, 0) is 0 Å². The Balaban J connectivity index is 0. The summed E-state index contributed by atoms with van der Waals surface area (Å²) in [5, 5.41) is 0. The maximum atomic E-state index is 5.09. The van der Waals surface area contributed by atoms with Gasteiger partial charge in [-0.25, -0.2) is 0 Å². The first-order valence-corrected chi connectivity index (χ1v) is 2.78. The minimum absolute atomic E-state index is 1.07. The molecular formula is C8H13. The van der Waals surface area contributed by atoms with Gasteiger partial charge in [-0.2, -0.15) is 0 Å². The van der Waals surface area contributed by atoms with Crippen LogP contribution in [0.25, 0.3) is 0 Å². The molecule has 0 fully saturated rings. The predicted octanol–water partition coefficient (Wildman–Crippen LogP) is 2.42. The molecule has 0 aromatic rings. The summed E-state index contributed by atoms with van der Waals surface area (Å²) in [6, 6.07) is 0. The van der Waals surface area contributed by atoms with Crippen LogP contribution in [0.15, 0.2) is 6.08 Å². The summed E-state index contributed by atoms with van der Waals surface area (Å²) in [5.74, 6) is 0. The van der Waals surface area contributed by atoms with Gasteiger partial charge in [0.05, 0.1) is 0 Å². The fourth-order valence-electron chi connectivity index (χ4n) is 0.322. The summed E-state index contributed by atoms with van der Waals surface area (Å²) in [6.45, 7) is 7.25. The number of hydrogen-bond donors (Lipinski definition) is 0. The van der Waals surface area contributed by atoms with Crippen molar-refractivity contribution in [3.63, 3.8) is 0 Å². The van der Waals surface area contributed by atoms with Crippen LogP contribution in [0.3, 0.4) is 0 Å². The van der Waals surface area contributed by atoms with E-state index >= 15 is 0 Å². The van der Waals surface area contributed by atoms with Crippen LogP contribution in [0.5, 0.6) is 0 Å². The maximum absolute atomic E-state index is 5.09. The molecule has 0 amide bonds. The van der Waals surface area contributed by atoms with Crippen molar-refractivity contribution in [1.29, 1.82) is 0 Å².